The van der Waals surface area contributed by atoms with Gasteiger partial charge in [-0.05, 0) is 50.4 Å². The Balaban J connectivity index is 1.60. The van der Waals surface area contributed by atoms with E-state index in [4.69, 9.17) is 4.74 Å². The Kier molecular flexibility index (Phi) is 6.13. The van der Waals surface area contributed by atoms with Gasteiger partial charge in [0.2, 0.25) is 0 Å². The molecule has 0 N–H and O–H groups in total. The van der Waals surface area contributed by atoms with E-state index in [1.165, 1.54) is 39.5 Å². The van der Waals surface area contributed by atoms with Crippen LogP contribution >= 0.6 is 0 Å². The fourth-order valence-corrected chi connectivity index (χ4v) is 4.35. The maximum Gasteiger partial charge on any atom is 0.316 e. The fraction of sp³-hybridized carbons (Fsp3) is 0.667. The van der Waals surface area contributed by atoms with Crippen LogP contribution in [0.3, 0.4) is 0 Å². The normalized spacial score (nSPS) is 26.6. The van der Waals surface area contributed by atoms with Gasteiger partial charge < -0.3 is 14.5 Å². The molecule has 2 aliphatic rings. The molecule has 25 heavy (non-hydrogen) atoms. The second-order valence-electron chi connectivity index (χ2n) is 7.53. The molecule has 0 bridgehead atoms. The van der Waals surface area contributed by atoms with E-state index in [0.717, 1.165) is 38.2 Å². The molecule has 2 fully saturated rings. The molecule has 4 heteroatoms. The zero-order valence-corrected chi connectivity index (χ0v) is 15.7. The SMILES string of the molecule is CCN(CCN1CCCCC1)C[C@H]1C[C@]1(C(=O)OC)c1ccccc1. The average molecular weight is 344 g/mol. The number of likely N-dealkylation sites (tertiary alicyclic amines) is 1. The molecular weight excluding hydrogens is 312 g/mol. The molecule has 2 atom stereocenters. The first-order valence-electron chi connectivity index (χ1n) is 9.79. The molecule has 1 saturated heterocycles. The third-order valence-electron chi connectivity index (χ3n) is 6.05. The molecule has 0 amide bonds. The summed E-state index contributed by atoms with van der Waals surface area (Å²) < 4.78 is 5.17. The van der Waals surface area contributed by atoms with Gasteiger partial charge in [0.05, 0.1) is 12.5 Å². The summed E-state index contributed by atoms with van der Waals surface area (Å²) >= 11 is 0. The van der Waals surface area contributed by atoms with Gasteiger partial charge in [-0.25, -0.2) is 0 Å². The van der Waals surface area contributed by atoms with Crippen LogP contribution in [-0.2, 0) is 14.9 Å². The number of esters is 1. The van der Waals surface area contributed by atoms with Gasteiger partial charge in [0.15, 0.2) is 0 Å². The number of piperidine rings is 1. The molecule has 1 aliphatic carbocycles. The number of carbonyl (C=O) groups is 1. The van der Waals surface area contributed by atoms with E-state index in [0.29, 0.717) is 5.92 Å². The Morgan fingerprint density at radius 2 is 1.96 bits per heavy atom. The minimum absolute atomic E-state index is 0.0733. The number of methoxy groups -OCH3 is 1. The molecule has 138 valence electrons. The van der Waals surface area contributed by atoms with E-state index in [9.17, 15) is 4.79 Å². The number of likely N-dealkylation sites (N-methyl/N-ethyl adjacent to an activating group) is 1. The summed E-state index contributed by atoms with van der Waals surface area (Å²) in [5, 5.41) is 0. The van der Waals surface area contributed by atoms with Gasteiger partial charge in [0, 0.05) is 19.6 Å². The maximum atomic E-state index is 12.5. The van der Waals surface area contributed by atoms with Crippen molar-refractivity contribution in [1.82, 2.24) is 9.80 Å². The van der Waals surface area contributed by atoms with Crippen molar-refractivity contribution < 1.29 is 9.53 Å². The summed E-state index contributed by atoms with van der Waals surface area (Å²) in [5.74, 6) is 0.291. The van der Waals surface area contributed by atoms with Crippen molar-refractivity contribution in [3.05, 3.63) is 35.9 Å². The number of rotatable bonds is 8. The Morgan fingerprint density at radius 1 is 1.24 bits per heavy atom. The summed E-state index contributed by atoms with van der Waals surface area (Å²) in [6.07, 6.45) is 4.97. The molecule has 1 aromatic carbocycles. The number of carbonyl (C=O) groups excluding carboxylic acids is 1. The van der Waals surface area contributed by atoms with Crippen LogP contribution in [0.5, 0.6) is 0 Å². The molecule has 0 spiro atoms. The molecule has 0 aromatic heterocycles. The third kappa shape index (κ3) is 4.06. The predicted octanol–water partition coefficient (Wildman–Crippen LogP) is 2.93. The van der Waals surface area contributed by atoms with E-state index in [2.05, 4.69) is 28.9 Å². The van der Waals surface area contributed by atoms with E-state index in [-0.39, 0.29) is 5.97 Å². The van der Waals surface area contributed by atoms with E-state index in [1.54, 1.807) is 0 Å². The Labute approximate surface area is 152 Å². The van der Waals surface area contributed by atoms with Crippen LogP contribution in [0.25, 0.3) is 0 Å². The van der Waals surface area contributed by atoms with Crippen LogP contribution in [0.1, 0.15) is 38.2 Å². The lowest BCUT2D eigenvalue weighted by molar-refractivity contribution is -0.144. The maximum absolute atomic E-state index is 12.5. The second kappa shape index (κ2) is 8.33. The quantitative estimate of drug-likeness (QED) is 0.679. The smallest absolute Gasteiger partial charge is 0.316 e. The molecule has 1 aromatic rings. The van der Waals surface area contributed by atoms with Crippen LogP contribution in [0.4, 0.5) is 0 Å². The van der Waals surface area contributed by atoms with Crippen LogP contribution in [0.15, 0.2) is 30.3 Å². The minimum Gasteiger partial charge on any atom is -0.468 e. The second-order valence-corrected chi connectivity index (χ2v) is 7.53. The van der Waals surface area contributed by atoms with Crippen LogP contribution in [0.2, 0.25) is 0 Å². The Hall–Kier alpha value is -1.39. The highest BCUT2D eigenvalue weighted by Gasteiger charge is 2.62. The molecular formula is C21H32N2O2. The van der Waals surface area contributed by atoms with Gasteiger partial charge in [-0.3, -0.25) is 4.79 Å². The van der Waals surface area contributed by atoms with Gasteiger partial charge in [0.25, 0.3) is 0 Å². The molecule has 1 saturated carbocycles. The minimum atomic E-state index is -0.422. The number of benzene rings is 1. The van der Waals surface area contributed by atoms with Crippen LogP contribution < -0.4 is 0 Å². The van der Waals surface area contributed by atoms with E-state index < -0.39 is 5.41 Å². The van der Waals surface area contributed by atoms with Crippen LogP contribution in [-0.4, -0.2) is 62.1 Å². The van der Waals surface area contributed by atoms with Gasteiger partial charge in [-0.2, -0.15) is 0 Å². The van der Waals surface area contributed by atoms with E-state index >= 15 is 0 Å². The third-order valence-corrected chi connectivity index (χ3v) is 6.05. The highest BCUT2D eigenvalue weighted by Crippen LogP contribution is 2.55. The Bertz CT molecular complexity index is 556. The van der Waals surface area contributed by atoms with Gasteiger partial charge in [0.1, 0.15) is 0 Å². The van der Waals surface area contributed by atoms with Crippen molar-refractivity contribution in [1.29, 1.82) is 0 Å². The zero-order valence-electron chi connectivity index (χ0n) is 15.7. The highest BCUT2D eigenvalue weighted by molar-refractivity contribution is 5.87. The van der Waals surface area contributed by atoms with Crippen LogP contribution in [0, 0.1) is 5.92 Å². The average Bonchev–Trinajstić information content (AvgIpc) is 3.41. The zero-order chi connectivity index (χ0) is 17.7. The molecule has 0 radical (unpaired) electrons. The topological polar surface area (TPSA) is 32.8 Å². The molecule has 0 unspecified atom stereocenters. The van der Waals surface area contributed by atoms with Crippen molar-refractivity contribution in [2.24, 2.45) is 5.92 Å². The summed E-state index contributed by atoms with van der Waals surface area (Å²) in [4.78, 5) is 17.6. The Morgan fingerprint density at radius 3 is 2.60 bits per heavy atom. The first-order chi connectivity index (χ1) is 12.2. The van der Waals surface area contributed by atoms with E-state index in [1.807, 2.05) is 18.2 Å². The molecule has 1 aliphatic heterocycles. The van der Waals surface area contributed by atoms with Gasteiger partial charge in [-0.1, -0.05) is 43.7 Å². The fourth-order valence-electron chi connectivity index (χ4n) is 4.35. The van der Waals surface area contributed by atoms with Crippen molar-refractivity contribution in [3.63, 3.8) is 0 Å². The standard InChI is InChI=1S/C21H32N2O2/c1-3-22(14-15-23-12-8-5-9-13-23)17-19-16-21(19,20(24)25-2)18-10-6-4-7-11-18/h4,6-7,10-11,19H,3,5,8-9,12-17H2,1-2H3/t19-,21+/m1/s1. The van der Waals surface area contributed by atoms with Crippen molar-refractivity contribution >= 4 is 5.97 Å². The summed E-state index contributed by atoms with van der Waals surface area (Å²) in [6.45, 7) is 8.98. The van der Waals surface area contributed by atoms with Gasteiger partial charge >= 0.3 is 5.97 Å². The molecule has 3 rings (SSSR count). The predicted molar refractivity (Wildman–Crippen MR) is 101 cm³/mol. The highest BCUT2D eigenvalue weighted by atomic mass is 16.5. The van der Waals surface area contributed by atoms with Crippen molar-refractivity contribution in [2.45, 2.75) is 38.0 Å². The summed E-state index contributed by atoms with van der Waals surface area (Å²) in [7, 11) is 1.51. The lowest BCUT2D eigenvalue weighted by Crippen LogP contribution is -2.39. The molecule has 4 nitrogen and oxygen atoms in total. The number of hydrogen-bond donors (Lipinski definition) is 0. The number of hydrogen-bond acceptors (Lipinski definition) is 4. The monoisotopic (exact) mass is 344 g/mol. The lowest BCUT2D eigenvalue weighted by Gasteiger charge is -2.30. The largest absolute Gasteiger partial charge is 0.468 e. The first-order valence-corrected chi connectivity index (χ1v) is 9.79. The molecule has 1 heterocycles. The number of nitrogens with zero attached hydrogens (tertiary/aromatic N) is 2. The van der Waals surface area contributed by atoms with Crippen molar-refractivity contribution in [2.75, 3.05) is 46.4 Å². The first kappa shape index (κ1) is 18.4. The number of ether oxygens (including phenoxy) is 1. The lowest BCUT2D eigenvalue weighted by atomic mass is 9.93. The van der Waals surface area contributed by atoms with Gasteiger partial charge in [-0.15, -0.1) is 0 Å². The summed E-state index contributed by atoms with van der Waals surface area (Å²) in [5.41, 5.74) is 0.688. The summed E-state index contributed by atoms with van der Waals surface area (Å²) in [6, 6.07) is 10.2. The van der Waals surface area contributed by atoms with Crippen molar-refractivity contribution in [3.8, 4) is 0 Å².